The van der Waals surface area contributed by atoms with E-state index in [0.29, 0.717) is 11.3 Å². The summed E-state index contributed by atoms with van der Waals surface area (Å²) in [6, 6.07) is 7.98. The second-order valence-corrected chi connectivity index (χ2v) is 10.6. The van der Waals surface area contributed by atoms with E-state index in [4.69, 9.17) is 0 Å². The first-order valence-corrected chi connectivity index (χ1v) is 11.6. The van der Waals surface area contributed by atoms with Crippen molar-refractivity contribution in [1.29, 1.82) is 0 Å². The van der Waals surface area contributed by atoms with Crippen LogP contribution in [-0.2, 0) is 14.6 Å². The second kappa shape index (κ2) is 8.98. The minimum atomic E-state index is -4.07. The van der Waals surface area contributed by atoms with Gasteiger partial charge in [-0.3, -0.25) is 9.59 Å². The van der Waals surface area contributed by atoms with Crippen LogP contribution in [0.15, 0.2) is 83.6 Å². The van der Waals surface area contributed by atoms with Crippen LogP contribution in [0.2, 0.25) is 0 Å². The average molecular weight is 440 g/mol. The van der Waals surface area contributed by atoms with Gasteiger partial charge in [0.05, 0.1) is 11.0 Å². The molecule has 0 spiro atoms. The number of benzene rings is 1. The molecule has 0 amide bonds. The zero-order chi connectivity index (χ0) is 22.6. The zero-order valence-electron chi connectivity index (χ0n) is 17.4. The van der Waals surface area contributed by atoms with Gasteiger partial charge < -0.3 is 5.21 Å². The number of rotatable bonds is 7. The summed E-state index contributed by atoms with van der Waals surface area (Å²) in [7, 11) is -4.07. The van der Waals surface area contributed by atoms with Crippen molar-refractivity contribution in [2.24, 2.45) is 11.1 Å². The van der Waals surface area contributed by atoms with Gasteiger partial charge in [0.15, 0.2) is 14.6 Å². The van der Waals surface area contributed by atoms with Gasteiger partial charge >= 0.3 is 0 Å². The van der Waals surface area contributed by atoms with Gasteiger partial charge in [0, 0.05) is 11.5 Å². The average Bonchev–Trinajstić information content (AvgIpc) is 2.79. The zero-order valence-corrected chi connectivity index (χ0v) is 18.2. The maximum absolute atomic E-state index is 13.7. The smallest absolute Gasteiger partial charge is 0.230 e. The Morgan fingerprint density at radius 1 is 1.16 bits per heavy atom. The summed E-state index contributed by atoms with van der Waals surface area (Å²) in [4.78, 5) is 26.8. The van der Waals surface area contributed by atoms with Crippen molar-refractivity contribution in [1.82, 2.24) is 0 Å². The van der Waals surface area contributed by atoms with Crippen LogP contribution in [0.4, 0.5) is 0 Å². The van der Waals surface area contributed by atoms with Gasteiger partial charge in [-0.25, -0.2) is 8.42 Å². The number of carbonyl (C=O) groups excluding carboxylic acids is 2. The number of hydrogen-bond acceptors (Lipinski definition) is 6. The molecule has 0 bridgehead atoms. The van der Waals surface area contributed by atoms with Gasteiger partial charge in [0.25, 0.3) is 0 Å². The van der Waals surface area contributed by atoms with E-state index >= 15 is 0 Å². The van der Waals surface area contributed by atoms with E-state index < -0.39 is 37.3 Å². The van der Waals surface area contributed by atoms with Gasteiger partial charge in [-0.2, -0.15) is 0 Å². The van der Waals surface area contributed by atoms with Crippen LogP contribution in [0, 0.1) is 5.92 Å². The number of nitrogens with zero attached hydrogens (tertiary/aromatic N) is 1. The molecule has 7 heteroatoms. The Labute approximate surface area is 182 Å². The number of oxime groups is 1. The van der Waals surface area contributed by atoms with Crippen LogP contribution in [0.5, 0.6) is 0 Å². The standard InChI is InChI=1S/C24H25NO5S/c1-17(2)31(29,30)24(23(27)22(26)18-10-4-3-5-11-18)15-9-8-13-20(24)16-19-12-6-7-14-21(19)25-28/h3-14,17,19,28H,15-16H2,1-2H3. The molecule has 2 aliphatic rings. The van der Waals surface area contributed by atoms with E-state index in [1.54, 1.807) is 60.7 Å². The summed E-state index contributed by atoms with van der Waals surface area (Å²) in [6.45, 7) is 3.02. The Hall–Kier alpha value is -3.06. The van der Waals surface area contributed by atoms with Gasteiger partial charge in [-0.1, -0.05) is 71.9 Å². The monoisotopic (exact) mass is 439 g/mol. The van der Waals surface area contributed by atoms with Crippen molar-refractivity contribution in [3.63, 3.8) is 0 Å². The van der Waals surface area contributed by atoms with Crippen molar-refractivity contribution in [3.8, 4) is 0 Å². The number of Topliss-reactive ketones (excluding diaryl/α,β-unsaturated/α-hetero) is 2. The maximum Gasteiger partial charge on any atom is 0.230 e. The summed E-state index contributed by atoms with van der Waals surface area (Å²) in [5.41, 5.74) is 0.831. The molecule has 2 atom stereocenters. The van der Waals surface area contributed by atoms with Crippen LogP contribution >= 0.6 is 0 Å². The van der Waals surface area contributed by atoms with Crippen LogP contribution in [0.3, 0.4) is 0 Å². The fourth-order valence-electron chi connectivity index (χ4n) is 3.98. The predicted molar refractivity (Wildman–Crippen MR) is 120 cm³/mol. The normalized spacial score (nSPS) is 24.4. The summed E-state index contributed by atoms with van der Waals surface area (Å²) in [6.07, 6.45) is 11.8. The highest BCUT2D eigenvalue weighted by Gasteiger charge is 2.56. The topological polar surface area (TPSA) is 101 Å². The first-order valence-electron chi connectivity index (χ1n) is 10.1. The molecular formula is C24H25NO5S. The Bertz CT molecular complexity index is 1120. The Kier molecular flexibility index (Phi) is 6.55. The lowest BCUT2D eigenvalue weighted by Gasteiger charge is -2.37. The molecule has 0 fully saturated rings. The minimum Gasteiger partial charge on any atom is -0.411 e. The molecule has 0 heterocycles. The van der Waals surface area contributed by atoms with Crippen LogP contribution in [0.1, 0.15) is 37.0 Å². The van der Waals surface area contributed by atoms with Gasteiger partial charge in [-0.15, -0.1) is 0 Å². The minimum absolute atomic E-state index is 0.116. The predicted octanol–water partition coefficient (Wildman–Crippen LogP) is 3.85. The lowest BCUT2D eigenvalue weighted by Crippen LogP contribution is -2.54. The van der Waals surface area contributed by atoms with Crippen LogP contribution in [-0.4, -0.2) is 40.9 Å². The molecule has 2 aliphatic carbocycles. The molecule has 1 N–H and O–H groups in total. The van der Waals surface area contributed by atoms with Gasteiger partial charge in [-0.05, 0) is 38.3 Å². The third-order valence-corrected chi connectivity index (χ3v) is 8.56. The highest BCUT2D eigenvalue weighted by molar-refractivity contribution is 7.94. The largest absolute Gasteiger partial charge is 0.411 e. The van der Waals surface area contributed by atoms with Crippen LogP contribution in [0.25, 0.3) is 0 Å². The molecule has 162 valence electrons. The molecule has 31 heavy (non-hydrogen) atoms. The van der Waals surface area contributed by atoms with Crippen LogP contribution < -0.4 is 0 Å². The third-order valence-electron chi connectivity index (χ3n) is 5.73. The van der Waals surface area contributed by atoms with Crippen molar-refractivity contribution in [2.45, 2.75) is 36.7 Å². The molecule has 0 aromatic heterocycles. The van der Waals surface area contributed by atoms with Crippen molar-refractivity contribution < 1.29 is 23.2 Å². The molecule has 2 unspecified atom stereocenters. The quantitative estimate of drug-likeness (QED) is 0.301. The summed E-state index contributed by atoms with van der Waals surface area (Å²) < 4.78 is 25.3. The fourth-order valence-corrected chi connectivity index (χ4v) is 5.98. The Balaban J connectivity index is 2.13. The van der Waals surface area contributed by atoms with E-state index in [0.717, 1.165) is 0 Å². The number of sulfone groups is 1. The highest BCUT2D eigenvalue weighted by atomic mass is 32.2. The highest BCUT2D eigenvalue weighted by Crippen LogP contribution is 2.42. The molecular weight excluding hydrogens is 414 g/mol. The SMILES string of the molecule is CC(C)S(=O)(=O)C1(C(=O)C(=O)c2ccccc2)CC=CC=C1CC1C=CC=CC1=NO. The second-order valence-electron chi connectivity index (χ2n) is 7.85. The van der Waals surface area contributed by atoms with Crippen molar-refractivity contribution >= 4 is 27.1 Å². The van der Waals surface area contributed by atoms with E-state index in [9.17, 15) is 23.2 Å². The third kappa shape index (κ3) is 3.97. The van der Waals surface area contributed by atoms with E-state index in [1.807, 2.05) is 0 Å². The summed E-state index contributed by atoms with van der Waals surface area (Å²) >= 11 is 0. The molecule has 0 radical (unpaired) electrons. The first kappa shape index (κ1) is 22.6. The summed E-state index contributed by atoms with van der Waals surface area (Å²) in [5.74, 6) is -2.21. The number of allylic oxidation sites excluding steroid dienone is 7. The fraction of sp³-hybridized carbons (Fsp3) is 0.292. The molecule has 3 rings (SSSR count). The van der Waals surface area contributed by atoms with Crippen molar-refractivity contribution in [2.75, 3.05) is 0 Å². The van der Waals surface area contributed by atoms with E-state index in [2.05, 4.69) is 5.16 Å². The lowest BCUT2D eigenvalue weighted by atomic mass is 9.78. The number of ketones is 2. The maximum atomic E-state index is 13.7. The van der Waals surface area contributed by atoms with Crippen molar-refractivity contribution in [3.05, 3.63) is 84.0 Å². The number of hydrogen-bond donors (Lipinski definition) is 1. The Morgan fingerprint density at radius 2 is 1.87 bits per heavy atom. The lowest BCUT2D eigenvalue weighted by molar-refractivity contribution is -0.116. The summed E-state index contributed by atoms with van der Waals surface area (Å²) in [5, 5.41) is 11.8. The molecule has 6 nitrogen and oxygen atoms in total. The molecule has 1 aromatic carbocycles. The van der Waals surface area contributed by atoms with Gasteiger partial charge in [0.2, 0.25) is 11.6 Å². The molecule has 1 aromatic rings. The van der Waals surface area contributed by atoms with E-state index in [1.165, 1.54) is 26.0 Å². The molecule has 0 saturated heterocycles. The van der Waals surface area contributed by atoms with E-state index in [-0.39, 0.29) is 18.4 Å². The first-order chi connectivity index (χ1) is 14.8. The van der Waals surface area contributed by atoms with Gasteiger partial charge in [0.1, 0.15) is 0 Å². The number of carbonyl (C=O) groups is 2. The molecule has 0 saturated carbocycles. The Morgan fingerprint density at radius 3 is 2.52 bits per heavy atom. The molecule has 0 aliphatic heterocycles.